The van der Waals surface area contributed by atoms with Crippen LogP contribution < -0.4 is 4.74 Å². The zero-order valence-corrected chi connectivity index (χ0v) is 13.3. The van der Waals surface area contributed by atoms with E-state index in [-0.39, 0.29) is 11.7 Å². The molecule has 3 heteroatoms. The molecule has 0 saturated carbocycles. The third-order valence-electron chi connectivity index (χ3n) is 3.06. The number of hydrogen-bond acceptors (Lipinski definition) is 3. The molecule has 0 heterocycles. The third kappa shape index (κ3) is 6.80. The van der Waals surface area contributed by atoms with Gasteiger partial charge in [-0.15, -0.1) is 0 Å². The maximum Gasteiger partial charge on any atom is 0.308 e. The van der Waals surface area contributed by atoms with E-state index in [1.165, 1.54) is 24.1 Å². The smallest absolute Gasteiger partial charge is 0.308 e. The molecule has 0 atom stereocenters. The van der Waals surface area contributed by atoms with Crippen molar-refractivity contribution in [1.29, 1.82) is 0 Å². The van der Waals surface area contributed by atoms with Crippen LogP contribution in [0.4, 0.5) is 0 Å². The summed E-state index contributed by atoms with van der Waals surface area (Å²) in [5.41, 5.74) is 3.42. The second kappa shape index (κ2) is 8.30. The number of phenolic OH excluding ortho intramolecular Hbond substituents is 1. The molecule has 0 radical (unpaired) electrons. The lowest BCUT2D eigenvalue weighted by atomic mass is 10.1. The highest BCUT2D eigenvalue weighted by atomic mass is 16.5. The van der Waals surface area contributed by atoms with Crippen molar-refractivity contribution < 1.29 is 14.6 Å². The summed E-state index contributed by atoms with van der Waals surface area (Å²) in [5.74, 6) is 0.330. The number of ether oxygens (including phenoxy) is 1. The Labute approximate surface area is 127 Å². The van der Waals surface area contributed by atoms with Crippen molar-refractivity contribution in [3.05, 3.63) is 47.1 Å². The molecule has 0 fully saturated rings. The van der Waals surface area contributed by atoms with Crippen molar-refractivity contribution in [1.82, 2.24) is 0 Å². The van der Waals surface area contributed by atoms with E-state index in [0.717, 1.165) is 18.4 Å². The number of rotatable bonds is 6. The van der Waals surface area contributed by atoms with Crippen LogP contribution >= 0.6 is 0 Å². The molecule has 0 aliphatic carbocycles. The van der Waals surface area contributed by atoms with Crippen LogP contribution in [0.25, 0.3) is 0 Å². The van der Waals surface area contributed by atoms with Crippen molar-refractivity contribution >= 4 is 5.97 Å². The second-order valence-electron chi connectivity index (χ2n) is 5.46. The topological polar surface area (TPSA) is 46.5 Å². The Bertz CT molecular complexity index is 550. The van der Waals surface area contributed by atoms with Gasteiger partial charge < -0.3 is 9.84 Å². The Morgan fingerprint density at radius 1 is 1.19 bits per heavy atom. The SMILES string of the molecule is CC(=O)Oc1ccc(O)cc1CC=C(C)CCC=C(C)C. The molecule has 0 spiro atoms. The van der Waals surface area contributed by atoms with Crippen molar-refractivity contribution in [2.45, 2.75) is 47.0 Å². The summed E-state index contributed by atoms with van der Waals surface area (Å²) in [7, 11) is 0. The summed E-state index contributed by atoms with van der Waals surface area (Å²) in [6.07, 6.45) is 7.00. The van der Waals surface area contributed by atoms with Gasteiger partial charge in [0.1, 0.15) is 11.5 Å². The fraction of sp³-hybridized carbons (Fsp3) is 0.389. The zero-order valence-electron chi connectivity index (χ0n) is 13.3. The number of allylic oxidation sites excluding steroid dienone is 4. The molecule has 3 nitrogen and oxygen atoms in total. The van der Waals surface area contributed by atoms with Gasteiger partial charge in [-0.05, 0) is 58.2 Å². The van der Waals surface area contributed by atoms with E-state index in [4.69, 9.17) is 4.74 Å². The van der Waals surface area contributed by atoms with Crippen LogP contribution in [0.15, 0.2) is 41.5 Å². The molecule has 1 N–H and O–H groups in total. The lowest BCUT2D eigenvalue weighted by Crippen LogP contribution is -2.03. The predicted octanol–water partition coefficient (Wildman–Crippen LogP) is 4.55. The summed E-state index contributed by atoms with van der Waals surface area (Å²) in [5, 5.41) is 9.57. The van der Waals surface area contributed by atoms with Gasteiger partial charge in [-0.25, -0.2) is 0 Å². The van der Waals surface area contributed by atoms with Gasteiger partial charge in [-0.3, -0.25) is 4.79 Å². The summed E-state index contributed by atoms with van der Waals surface area (Å²) in [6, 6.07) is 4.78. The number of benzene rings is 1. The molecule has 1 rings (SSSR count). The molecule has 0 bridgehead atoms. The van der Waals surface area contributed by atoms with Gasteiger partial charge in [0.05, 0.1) is 0 Å². The quantitative estimate of drug-likeness (QED) is 0.474. The van der Waals surface area contributed by atoms with Gasteiger partial charge >= 0.3 is 5.97 Å². The molecule has 0 unspecified atom stereocenters. The van der Waals surface area contributed by atoms with Crippen LogP contribution in [-0.4, -0.2) is 11.1 Å². The largest absolute Gasteiger partial charge is 0.508 e. The fourth-order valence-electron chi connectivity index (χ4n) is 1.95. The van der Waals surface area contributed by atoms with Gasteiger partial charge in [0, 0.05) is 12.5 Å². The van der Waals surface area contributed by atoms with Crippen LogP contribution in [0.2, 0.25) is 0 Å². The first kappa shape index (κ1) is 17.0. The maximum absolute atomic E-state index is 11.1. The lowest BCUT2D eigenvalue weighted by Gasteiger charge is -2.08. The number of esters is 1. The summed E-state index contributed by atoms with van der Waals surface area (Å²) < 4.78 is 5.16. The molecular formula is C18H24O3. The molecule has 0 aliphatic heterocycles. The molecule has 114 valence electrons. The van der Waals surface area contributed by atoms with Crippen LogP contribution in [0.5, 0.6) is 11.5 Å². The highest BCUT2D eigenvalue weighted by Crippen LogP contribution is 2.25. The summed E-state index contributed by atoms with van der Waals surface area (Å²) in [6.45, 7) is 7.65. The number of phenols is 1. The Kier molecular flexibility index (Phi) is 6.73. The molecule has 0 saturated heterocycles. The summed E-state index contributed by atoms with van der Waals surface area (Å²) in [4.78, 5) is 11.1. The van der Waals surface area contributed by atoms with E-state index >= 15 is 0 Å². The zero-order chi connectivity index (χ0) is 15.8. The number of carbonyl (C=O) groups is 1. The lowest BCUT2D eigenvalue weighted by molar-refractivity contribution is -0.131. The predicted molar refractivity (Wildman–Crippen MR) is 85.5 cm³/mol. The Morgan fingerprint density at radius 2 is 1.90 bits per heavy atom. The number of carbonyl (C=O) groups excluding carboxylic acids is 1. The van der Waals surface area contributed by atoms with Gasteiger partial charge in [0.2, 0.25) is 0 Å². The minimum absolute atomic E-state index is 0.177. The molecular weight excluding hydrogens is 264 g/mol. The summed E-state index contributed by atoms with van der Waals surface area (Å²) >= 11 is 0. The molecule has 21 heavy (non-hydrogen) atoms. The van der Waals surface area contributed by atoms with E-state index in [9.17, 15) is 9.90 Å². The Balaban J connectivity index is 2.74. The van der Waals surface area contributed by atoms with Gasteiger partial charge in [-0.2, -0.15) is 0 Å². The van der Waals surface area contributed by atoms with E-state index in [2.05, 4.69) is 32.9 Å². The number of hydrogen-bond donors (Lipinski definition) is 1. The average molecular weight is 288 g/mol. The van der Waals surface area contributed by atoms with Crippen molar-refractivity contribution in [2.75, 3.05) is 0 Å². The monoisotopic (exact) mass is 288 g/mol. The number of aromatic hydroxyl groups is 1. The molecule has 0 aliphatic rings. The van der Waals surface area contributed by atoms with E-state index in [1.54, 1.807) is 12.1 Å². The Morgan fingerprint density at radius 3 is 2.52 bits per heavy atom. The molecule has 1 aromatic rings. The Hall–Kier alpha value is -2.03. The van der Waals surface area contributed by atoms with Crippen molar-refractivity contribution in [3.8, 4) is 11.5 Å². The molecule has 1 aromatic carbocycles. The van der Waals surface area contributed by atoms with E-state index < -0.39 is 0 Å². The highest BCUT2D eigenvalue weighted by molar-refractivity contribution is 5.70. The van der Waals surface area contributed by atoms with Crippen LogP contribution in [0, 0.1) is 0 Å². The van der Waals surface area contributed by atoms with Crippen LogP contribution in [-0.2, 0) is 11.2 Å². The van der Waals surface area contributed by atoms with Crippen molar-refractivity contribution in [3.63, 3.8) is 0 Å². The van der Waals surface area contributed by atoms with E-state index in [1.807, 2.05) is 0 Å². The third-order valence-corrected chi connectivity index (χ3v) is 3.06. The molecule has 0 amide bonds. The van der Waals surface area contributed by atoms with Gasteiger partial charge in [0.25, 0.3) is 0 Å². The van der Waals surface area contributed by atoms with Crippen molar-refractivity contribution in [2.24, 2.45) is 0 Å². The first-order valence-corrected chi connectivity index (χ1v) is 7.17. The normalized spacial score (nSPS) is 11.1. The maximum atomic E-state index is 11.1. The average Bonchev–Trinajstić information content (AvgIpc) is 2.38. The second-order valence-corrected chi connectivity index (χ2v) is 5.46. The van der Waals surface area contributed by atoms with Gasteiger partial charge in [-0.1, -0.05) is 23.3 Å². The molecule has 0 aromatic heterocycles. The minimum Gasteiger partial charge on any atom is -0.508 e. The fourth-order valence-corrected chi connectivity index (χ4v) is 1.95. The first-order chi connectivity index (χ1) is 9.88. The van der Waals surface area contributed by atoms with Crippen LogP contribution in [0.3, 0.4) is 0 Å². The first-order valence-electron chi connectivity index (χ1n) is 7.17. The minimum atomic E-state index is -0.355. The van der Waals surface area contributed by atoms with Crippen LogP contribution in [0.1, 0.15) is 46.1 Å². The van der Waals surface area contributed by atoms with E-state index in [0.29, 0.717) is 12.2 Å². The van der Waals surface area contributed by atoms with Gasteiger partial charge in [0.15, 0.2) is 0 Å². The standard InChI is InChI=1S/C18H24O3/c1-13(2)6-5-7-14(3)8-9-16-12-17(20)10-11-18(16)21-15(4)19/h6,8,10-12,20H,5,7,9H2,1-4H3. The highest BCUT2D eigenvalue weighted by Gasteiger charge is 2.06.